The molecule has 1 aliphatic rings. The predicted octanol–water partition coefficient (Wildman–Crippen LogP) is 3.07. The third kappa shape index (κ3) is 4.91. The normalized spacial score (nSPS) is 18.1. The third-order valence-electron chi connectivity index (χ3n) is 4.72. The molecular formula is C21H27N3O5S. The maximum atomic E-state index is 13.3. The summed E-state index contributed by atoms with van der Waals surface area (Å²) in [5.41, 5.74) is 0.127. The van der Waals surface area contributed by atoms with Gasteiger partial charge in [0.2, 0.25) is 10.0 Å². The lowest BCUT2D eigenvalue weighted by Crippen LogP contribution is -2.53. The van der Waals surface area contributed by atoms with Crippen molar-refractivity contribution >= 4 is 16.1 Å². The number of methoxy groups -OCH3 is 1. The smallest absolute Gasteiger partial charge is 0.410 e. The lowest BCUT2D eigenvalue weighted by molar-refractivity contribution is 0.0131. The summed E-state index contributed by atoms with van der Waals surface area (Å²) in [6, 6.07) is 9.72. The van der Waals surface area contributed by atoms with E-state index < -0.39 is 27.8 Å². The molecule has 1 saturated heterocycles. The molecule has 1 fully saturated rings. The number of sulfonamides is 1. The molecule has 8 nitrogen and oxygen atoms in total. The second-order valence-electron chi connectivity index (χ2n) is 8.02. The van der Waals surface area contributed by atoms with Crippen LogP contribution in [0.4, 0.5) is 4.79 Å². The highest BCUT2D eigenvalue weighted by molar-refractivity contribution is 7.89. The quantitative estimate of drug-likeness (QED) is 0.736. The Balaban J connectivity index is 1.95. The molecule has 2 heterocycles. The van der Waals surface area contributed by atoms with Crippen molar-refractivity contribution in [1.82, 2.24) is 14.2 Å². The number of hydrogen-bond acceptors (Lipinski definition) is 6. The van der Waals surface area contributed by atoms with Gasteiger partial charge in [0.1, 0.15) is 16.2 Å². The fraction of sp³-hybridized carbons (Fsp3) is 0.429. The minimum atomic E-state index is -3.80. The van der Waals surface area contributed by atoms with Gasteiger partial charge in [-0.25, -0.2) is 13.2 Å². The summed E-state index contributed by atoms with van der Waals surface area (Å²) in [6.45, 7) is 5.97. The van der Waals surface area contributed by atoms with Gasteiger partial charge in [0.15, 0.2) is 0 Å². The minimum absolute atomic E-state index is 0.120. The number of ether oxygens (including phenoxy) is 2. The fourth-order valence-electron chi connectivity index (χ4n) is 3.28. The molecule has 0 bridgehead atoms. The number of carbonyl (C=O) groups is 1. The van der Waals surface area contributed by atoms with E-state index in [1.807, 2.05) is 12.1 Å². The van der Waals surface area contributed by atoms with Crippen molar-refractivity contribution in [3.05, 3.63) is 54.4 Å². The Morgan fingerprint density at radius 2 is 1.83 bits per heavy atom. The molecule has 1 aromatic carbocycles. The van der Waals surface area contributed by atoms with E-state index in [1.165, 1.54) is 22.8 Å². The van der Waals surface area contributed by atoms with Crippen molar-refractivity contribution in [1.29, 1.82) is 0 Å². The van der Waals surface area contributed by atoms with Crippen LogP contribution in [0.15, 0.2) is 53.7 Å². The SMILES string of the molecule is COc1ccc([C@@H]2CN(C(=O)OC(C)(C)C)CCN2S(=O)(=O)c2cccnc2)cc1. The summed E-state index contributed by atoms with van der Waals surface area (Å²) in [5, 5.41) is 0. The molecule has 30 heavy (non-hydrogen) atoms. The number of piperazine rings is 1. The van der Waals surface area contributed by atoms with Gasteiger partial charge in [0.25, 0.3) is 0 Å². The molecule has 1 aromatic heterocycles. The van der Waals surface area contributed by atoms with Crippen LogP contribution in [0.5, 0.6) is 5.75 Å². The lowest BCUT2D eigenvalue weighted by Gasteiger charge is -2.41. The predicted molar refractivity (Wildman–Crippen MR) is 112 cm³/mol. The van der Waals surface area contributed by atoms with E-state index in [1.54, 1.807) is 51.0 Å². The van der Waals surface area contributed by atoms with E-state index >= 15 is 0 Å². The zero-order valence-corrected chi connectivity index (χ0v) is 18.4. The van der Waals surface area contributed by atoms with Gasteiger partial charge >= 0.3 is 6.09 Å². The molecule has 0 N–H and O–H groups in total. The Bertz CT molecular complexity index is 972. The van der Waals surface area contributed by atoms with Gasteiger partial charge in [-0.15, -0.1) is 0 Å². The number of nitrogens with zero attached hydrogens (tertiary/aromatic N) is 3. The number of amides is 1. The van der Waals surface area contributed by atoms with Gasteiger partial charge in [-0.05, 0) is 50.6 Å². The van der Waals surface area contributed by atoms with E-state index in [0.717, 1.165) is 5.56 Å². The average Bonchev–Trinajstić information content (AvgIpc) is 2.73. The van der Waals surface area contributed by atoms with Gasteiger partial charge in [0.05, 0.1) is 13.2 Å². The molecule has 1 amide bonds. The zero-order chi connectivity index (χ0) is 21.9. The third-order valence-corrected chi connectivity index (χ3v) is 6.62. The van der Waals surface area contributed by atoms with Crippen LogP contribution in [0, 0.1) is 0 Å². The summed E-state index contributed by atoms with van der Waals surface area (Å²) in [4.78, 5) is 18.2. The average molecular weight is 434 g/mol. The van der Waals surface area contributed by atoms with Gasteiger partial charge in [-0.3, -0.25) is 4.98 Å². The number of rotatable bonds is 4. The molecular weight excluding hydrogens is 406 g/mol. The molecule has 0 radical (unpaired) electrons. The molecule has 0 aliphatic carbocycles. The Morgan fingerprint density at radius 1 is 1.13 bits per heavy atom. The molecule has 1 atom stereocenters. The summed E-state index contributed by atoms with van der Waals surface area (Å²) >= 11 is 0. The second kappa shape index (κ2) is 8.61. The molecule has 3 rings (SSSR count). The van der Waals surface area contributed by atoms with Crippen LogP contribution in [-0.4, -0.2) is 61.0 Å². The monoisotopic (exact) mass is 433 g/mol. The molecule has 1 aliphatic heterocycles. The summed E-state index contributed by atoms with van der Waals surface area (Å²) < 4.78 is 38.8. The number of carbonyl (C=O) groups excluding carboxylic acids is 1. The molecule has 0 unspecified atom stereocenters. The first-order chi connectivity index (χ1) is 14.1. The van der Waals surface area contributed by atoms with Crippen LogP contribution < -0.4 is 4.74 Å². The Labute approximate surface area is 177 Å². The number of benzene rings is 1. The lowest BCUT2D eigenvalue weighted by atomic mass is 10.0. The molecule has 9 heteroatoms. The van der Waals surface area contributed by atoms with Crippen molar-refractivity contribution in [2.24, 2.45) is 0 Å². The van der Waals surface area contributed by atoms with Crippen molar-refractivity contribution in [3.8, 4) is 5.75 Å². The van der Waals surface area contributed by atoms with Gasteiger partial charge < -0.3 is 14.4 Å². The van der Waals surface area contributed by atoms with E-state index in [2.05, 4.69) is 4.98 Å². The largest absolute Gasteiger partial charge is 0.497 e. The topological polar surface area (TPSA) is 89.0 Å². The van der Waals surface area contributed by atoms with Crippen molar-refractivity contribution in [2.75, 3.05) is 26.7 Å². The summed E-state index contributed by atoms with van der Waals surface area (Å²) in [6.07, 6.45) is 2.40. The van der Waals surface area contributed by atoms with Gasteiger partial charge in [-0.2, -0.15) is 4.31 Å². The number of hydrogen-bond donors (Lipinski definition) is 0. The van der Waals surface area contributed by atoms with Gasteiger partial charge in [-0.1, -0.05) is 12.1 Å². The summed E-state index contributed by atoms with van der Waals surface area (Å²) in [5.74, 6) is 0.667. The standard InChI is InChI=1S/C21H27N3O5S/c1-21(2,3)29-20(25)23-12-13-24(30(26,27)18-6-5-11-22-14-18)19(15-23)16-7-9-17(28-4)10-8-16/h5-11,14,19H,12-13,15H2,1-4H3/t19-/m0/s1. The zero-order valence-electron chi connectivity index (χ0n) is 17.6. The molecule has 2 aromatic rings. The van der Waals surface area contributed by atoms with Crippen LogP contribution in [0.1, 0.15) is 32.4 Å². The highest BCUT2D eigenvalue weighted by atomic mass is 32.2. The van der Waals surface area contributed by atoms with Crippen LogP contribution in [0.2, 0.25) is 0 Å². The van der Waals surface area contributed by atoms with E-state index in [4.69, 9.17) is 9.47 Å². The highest BCUT2D eigenvalue weighted by Crippen LogP contribution is 2.32. The van der Waals surface area contributed by atoms with E-state index in [0.29, 0.717) is 5.75 Å². The first kappa shape index (κ1) is 22.0. The maximum Gasteiger partial charge on any atom is 0.410 e. The molecule has 162 valence electrons. The van der Waals surface area contributed by atoms with Crippen LogP contribution >= 0.6 is 0 Å². The highest BCUT2D eigenvalue weighted by Gasteiger charge is 2.39. The number of pyridine rings is 1. The van der Waals surface area contributed by atoms with Gasteiger partial charge in [0, 0.05) is 32.0 Å². The first-order valence-electron chi connectivity index (χ1n) is 9.65. The molecule has 0 spiro atoms. The Hall–Kier alpha value is -2.65. The summed E-state index contributed by atoms with van der Waals surface area (Å²) in [7, 11) is -2.23. The Morgan fingerprint density at radius 3 is 2.40 bits per heavy atom. The van der Waals surface area contributed by atoms with Crippen molar-refractivity contribution in [2.45, 2.75) is 37.3 Å². The van der Waals surface area contributed by atoms with E-state index in [-0.39, 0.29) is 24.5 Å². The van der Waals surface area contributed by atoms with E-state index in [9.17, 15) is 13.2 Å². The Kier molecular flexibility index (Phi) is 6.33. The van der Waals surface area contributed by atoms with Crippen molar-refractivity contribution < 1.29 is 22.7 Å². The second-order valence-corrected chi connectivity index (χ2v) is 9.91. The maximum absolute atomic E-state index is 13.3. The molecule has 0 saturated carbocycles. The minimum Gasteiger partial charge on any atom is -0.497 e. The van der Waals surface area contributed by atoms with Crippen molar-refractivity contribution in [3.63, 3.8) is 0 Å². The van der Waals surface area contributed by atoms with Crippen LogP contribution in [0.3, 0.4) is 0 Å². The number of aromatic nitrogens is 1. The first-order valence-corrected chi connectivity index (χ1v) is 11.1. The van der Waals surface area contributed by atoms with Crippen LogP contribution in [-0.2, 0) is 14.8 Å². The fourth-order valence-corrected chi connectivity index (χ4v) is 4.84. The van der Waals surface area contributed by atoms with Crippen LogP contribution in [0.25, 0.3) is 0 Å².